The number of allylic oxidation sites excluding steroid dienone is 2. The number of ether oxygens (including phenoxy) is 1. The van der Waals surface area contributed by atoms with Gasteiger partial charge in [0.1, 0.15) is 5.75 Å². The number of aryl methyl sites for hydroxylation is 2. The van der Waals surface area contributed by atoms with E-state index in [0.29, 0.717) is 0 Å². The first-order chi connectivity index (χ1) is 15.2. The zero-order valence-electron chi connectivity index (χ0n) is 20.1. The minimum Gasteiger partial charge on any atom is -0.493 e. The fourth-order valence-corrected chi connectivity index (χ4v) is 5.97. The van der Waals surface area contributed by atoms with Gasteiger partial charge in [-0.1, -0.05) is 50.5 Å². The minimum atomic E-state index is 0.792. The topological polar surface area (TPSA) is 9.23 Å². The fraction of sp³-hybridized carbons (Fsp3) is 0.667. The van der Waals surface area contributed by atoms with Crippen LogP contribution in [0, 0.1) is 23.7 Å². The van der Waals surface area contributed by atoms with Crippen molar-refractivity contribution in [2.45, 2.75) is 96.8 Å². The Bertz CT molecular complexity index is 659. The largest absolute Gasteiger partial charge is 0.493 e. The number of benzene rings is 1. The van der Waals surface area contributed by atoms with Gasteiger partial charge in [0.15, 0.2) is 0 Å². The molecular formula is C30H46O. The first kappa shape index (κ1) is 24.1. The number of unbranched alkanes of at least 4 members (excludes halogenated alkanes) is 1. The Morgan fingerprint density at radius 1 is 0.935 bits per heavy atom. The molecule has 2 aliphatic carbocycles. The van der Waals surface area contributed by atoms with Crippen molar-refractivity contribution in [3.05, 3.63) is 54.6 Å². The summed E-state index contributed by atoms with van der Waals surface area (Å²) in [5.41, 5.74) is 2.91. The standard InChI is InChI=1S/C30H46O/c1-4-7-8-22-31-30-21-16-26(23-29(30)9-5-2)11-10-25-14-19-28(20-15-25)27-17-12-24(6-3)13-18-27/h4,6,16,21,23-25,27-28H,1,3,5,7-15,17-20,22H2,2H3/t24-,25?,27-,28?. The third-order valence-corrected chi connectivity index (χ3v) is 8.00. The molecule has 31 heavy (non-hydrogen) atoms. The summed E-state index contributed by atoms with van der Waals surface area (Å²) < 4.78 is 6.07. The third kappa shape index (κ3) is 7.55. The second-order valence-corrected chi connectivity index (χ2v) is 10.2. The molecule has 1 aromatic rings. The summed E-state index contributed by atoms with van der Waals surface area (Å²) in [6, 6.07) is 6.96. The Labute approximate surface area is 192 Å². The van der Waals surface area contributed by atoms with E-state index >= 15 is 0 Å². The van der Waals surface area contributed by atoms with E-state index in [9.17, 15) is 0 Å². The monoisotopic (exact) mass is 422 g/mol. The lowest BCUT2D eigenvalue weighted by Crippen LogP contribution is -2.25. The molecule has 0 N–H and O–H groups in total. The van der Waals surface area contributed by atoms with Crippen molar-refractivity contribution in [3.63, 3.8) is 0 Å². The smallest absolute Gasteiger partial charge is 0.122 e. The van der Waals surface area contributed by atoms with Crippen LogP contribution in [0.1, 0.15) is 95.1 Å². The van der Waals surface area contributed by atoms with Gasteiger partial charge in [0, 0.05) is 0 Å². The molecule has 0 bridgehead atoms. The van der Waals surface area contributed by atoms with Crippen molar-refractivity contribution in [2.75, 3.05) is 6.61 Å². The zero-order valence-corrected chi connectivity index (χ0v) is 20.1. The van der Waals surface area contributed by atoms with Crippen molar-refractivity contribution in [3.8, 4) is 5.75 Å². The summed E-state index contributed by atoms with van der Waals surface area (Å²) in [4.78, 5) is 0. The first-order valence-electron chi connectivity index (χ1n) is 13.2. The second-order valence-electron chi connectivity index (χ2n) is 10.2. The zero-order chi connectivity index (χ0) is 21.9. The maximum Gasteiger partial charge on any atom is 0.122 e. The Morgan fingerprint density at radius 2 is 1.65 bits per heavy atom. The van der Waals surface area contributed by atoms with Crippen molar-refractivity contribution in [2.24, 2.45) is 23.7 Å². The van der Waals surface area contributed by atoms with E-state index < -0.39 is 0 Å². The van der Waals surface area contributed by atoms with Crippen molar-refractivity contribution in [1.29, 1.82) is 0 Å². The highest BCUT2D eigenvalue weighted by Gasteiger charge is 2.30. The van der Waals surface area contributed by atoms with E-state index in [2.05, 4.69) is 44.4 Å². The van der Waals surface area contributed by atoms with Gasteiger partial charge in [0.25, 0.3) is 0 Å². The lowest BCUT2D eigenvalue weighted by Gasteiger charge is -2.37. The van der Waals surface area contributed by atoms with E-state index in [1.54, 1.807) is 0 Å². The van der Waals surface area contributed by atoms with Gasteiger partial charge >= 0.3 is 0 Å². The average Bonchev–Trinajstić information content (AvgIpc) is 2.82. The Morgan fingerprint density at radius 3 is 2.29 bits per heavy atom. The SMILES string of the molecule is C=CCCCOc1ccc(CCC2CCC([C@H]3CC[C@H](C=C)CC3)CC2)cc1CCC. The van der Waals surface area contributed by atoms with Crippen LogP contribution in [0.25, 0.3) is 0 Å². The number of rotatable bonds is 12. The predicted molar refractivity (Wildman–Crippen MR) is 135 cm³/mol. The normalized spacial score (nSPS) is 26.4. The summed E-state index contributed by atoms with van der Waals surface area (Å²) in [6.07, 6.45) is 22.7. The van der Waals surface area contributed by atoms with E-state index in [0.717, 1.165) is 55.3 Å². The van der Waals surface area contributed by atoms with Gasteiger partial charge in [-0.15, -0.1) is 13.2 Å². The van der Waals surface area contributed by atoms with Crippen LogP contribution in [0.15, 0.2) is 43.5 Å². The highest BCUT2D eigenvalue weighted by atomic mass is 16.5. The Kier molecular flexibility index (Phi) is 10.2. The minimum absolute atomic E-state index is 0.792. The molecule has 0 amide bonds. The summed E-state index contributed by atoms with van der Waals surface area (Å²) in [5, 5.41) is 0. The van der Waals surface area contributed by atoms with Gasteiger partial charge in [0.05, 0.1) is 6.61 Å². The van der Waals surface area contributed by atoms with Gasteiger partial charge in [-0.3, -0.25) is 0 Å². The molecule has 3 rings (SSSR count). The molecule has 2 saturated carbocycles. The second kappa shape index (κ2) is 13.1. The molecule has 0 spiro atoms. The van der Waals surface area contributed by atoms with Gasteiger partial charge in [-0.25, -0.2) is 0 Å². The van der Waals surface area contributed by atoms with Gasteiger partial charge in [-0.2, -0.15) is 0 Å². The number of hydrogen-bond acceptors (Lipinski definition) is 1. The fourth-order valence-electron chi connectivity index (χ4n) is 5.97. The lowest BCUT2D eigenvalue weighted by atomic mass is 9.68. The molecule has 2 aliphatic rings. The van der Waals surface area contributed by atoms with Crippen LogP contribution in [-0.2, 0) is 12.8 Å². The summed E-state index contributed by atoms with van der Waals surface area (Å²) in [7, 11) is 0. The predicted octanol–water partition coefficient (Wildman–Crippen LogP) is 8.72. The van der Waals surface area contributed by atoms with Gasteiger partial charge in [0.2, 0.25) is 0 Å². The molecule has 0 heterocycles. The maximum absolute atomic E-state index is 6.07. The molecule has 0 aromatic heterocycles. The summed E-state index contributed by atoms with van der Waals surface area (Å²) >= 11 is 0. The third-order valence-electron chi connectivity index (χ3n) is 8.00. The van der Waals surface area contributed by atoms with Crippen LogP contribution in [0.3, 0.4) is 0 Å². The molecule has 1 aromatic carbocycles. The van der Waals surface area contributed by atoms with Gasteiger partial charge < -0.3 is 4.74 Å². The van der Waals surface area contributed by atoms with Crippen LogP contribution in [0.4, 0.5) is 0 Å². The Hall–Kier alpha value is -1.50. The van der Waals surface area contributed by atoms with Crippen molar-refractivity contribution in [1.82, 2.24) is 0 Å². The van der Waals surface area contributed by atoms with E-state index in [4.69, 9.17) is 4.74 Å². The van der Waals surface area contributed by atoms with E-state index in [-0.39, 0.29) is 0 Å². The van der Waals surface area contributed by atoms with Crippen molar-refractivity contribution >= 4 is 0 Å². The molecule has 1 nitrogen and oxygen atoms in total. The molecule has 0 radical (unpaired) electrons. The molecule has 172 valence electrons. The summed E-state index contributed by atoms with van der Waals surface area (Å²) in [6.45, 7) is 10.9. The highest BCUT2D eigenvalue weighted by Crippen LogP contribution is 2.42. The molecule has 2 fully saturated rings. The number of hydrogen-bond donors (Lipinski definition) is 0. The molecule has 0 saturated heterocycles. The van der Waals surface area contributed by atoms with Crippen LogP contribution in [0.5, 0.6) is 5.75 Å². The van der Waals surface area contributed by atoms with Crippen LogP contribution in [0.2, 0.25) is 0 Å². The molecule has 0 atom stereocenters. The van der Waals surface area contributed by atoms with E-state index in [1.165, 1.54) is 81.8 Å². The summed E-state index contributed by atoms with van der Waals surface area (Å²) in [5.74, 6) is 4.85. The first-order valence-corrected chi connectivity index (χ1v) is 13.2. The average molecular weight is 423 g/mol. The van der Waals surface area contributed by atoms with Gasteiger partial charge in [-0.05, 0) is 111 Å². The van der Waals surface area contributed by atoms with E-state index in [1.807, 2.05) is 6.08 Å². The van der Waals surface area contributed by atoms with Crippen LogP contribution in [-0.4, -0.2) is 6.61 Å². The van der Waals surface area contributed by atoms with Crippen LogP contribution < -0.4 is 4.74 Å². The molecule has 0 unspecified atom stereocenters. The molecule has 1 heteroatoms. The lowest BCUT2D eigenvalue weighted by molar-refractivity contribution is 0.153. The quantitative estimate of drug-likeness (QED) is 0.242. The Balaban J connectivity index is 1.43. The molecule has 0 aliphatic heterocycles. The van der Waals surface area contributed by atoms with Crippen molar-refractivity contribution < 1.29 is 4.74 Å². The van der Waals surface area contributed by atoms with Crippen LogP contribution >= 0.6 is 0 Å². The highest BCUT2D eigenvalue weighted by molar-refractivity contribution is 5.37. The maximum atomic E-state index is 6.07. The molecular weight excluding hydrogens is 376 g/mol.